The van der Waals surface area contributed by atoms with E-state index in [1.165, 1.54) is 0 Å². The quantitative estimate of drug-likeness (QED) is 0.397. The predicted molar refractivity (Wildman–Crippen MR) is 47.8 cm³/mol. The summed E-state index contributed by atoms with van der Waals surface area (Å²) in [4.78, 5) is 1.75. The molecule has 1 rings (SSSR count). The molecule has 4 nitrogen and oxygen atoms in total. The first-order valence-electron chi connectivity index (χ1n) is 3.35. The summed E-state index contributed by atoms with van der Waals surface area (Å²) in [5, 5.41) is 11.2. The zero-order chi connectivity index (χ0) is 8.43. The second-order valence-electron chi connectivity index (χ2n) is 2.56. The molecule has 0 aliphatic rings. The fraction of sp³-hybridized carbons (Fsp3) is 0.250. The molecule has 0 spiro atoms. The molecule has 0 bridgehead atoms. The van der Waals surface area contributed by atoms with Gasteiger partial charge >= 0.3 is 0 Å². The molecule has 13 heavy (non-hydrogen) atoms. The van der Waals surface area contributed by atoms with Crippen LogP contribution >= 0.6 is 0 Å². The predicted octanol–water partition coefficient (Wildman–Crippen LogP) is -0.259. The van der Waals surface area contributed by atoms with Crippen molar-refractivity contribution >= 4 is 5.82 Å². The Balaban J connectivity index is 0. The molecule has 0 atom stereocenters. The fourth-order valence-electron chi connectivity index (χ4n) is 0.859. The van der Waals surface area contributed by atoms with Gasteiger partial charge in [0.15, 0.2) is 0 Å². The standard InChI is InChI=1S/C8H11N2O.H2O.W/c1-7-5-4-6-8(9(2)3)10(7)11;;/h4-6H,1H2,2-3H3;1H2;/q-1;;. The molecule has 0 aliphatic carbocycles. The van der Waals surface area contributed by atoms with Gasteiger partial charge in [-0.2, -0.15) is 13.0 Å². The van der Waals surface area contributed by atoms with Crippen LogP contribution in [0.1, 0.15) is 5.69 Å². The van der Waals surface area contributed by atoms with Gasteiger partial charge in [0, 0.05) is 27.1 Å². The maximum atomic E-state index is 11.2. The number of anilines is 1. The van der Waals surface area contributed by atoms with Crippen LogP contribution in [-0.4, -0.2) is 19.6 Å². The van der Waals surface area contributed by atoms with E-state index in [1.807, 2.05) is 20.2 Å². The molecular formula is C8H13N2O2W-. The van der Waals surface area contributed by atoms with Gasteiger partial charge in [0.05, 0.1) is 14.1 Å². The molecule has 74 valence electrons. The molecule has 0 radical (unpaired) electrons. The van der Waals surface area contributed by atoms with E-state index in [9.17, 15) is 5.21 Å². The van der Waals surface area contributed by atoms with E-state index in [2.05, 4.69) is 6.92 Å². The van der Waals surface area contributed by atoms with E-state index in [4.69, 9.17) is 0 Å². The smallest absolute Gasteiger partial charge is 0.275 e. The topological polar surface area (TPSA) is 61.7 Å². The van der Waals surface area contributed by atoms with Crippen LogP contribution in [0.2, 0.25) is 0 Å². The van der Waals surface area contributed by atoms with Gasteiger partial charge in [0.1, 0.15) is 0 Å². The Morgan fingerprint density at radius 2 is 1.92 bits per heavy atom. The SMILES string of the molecule is O.[CH2-]c1cccc(N(C)C)[n+]1[O-].[W]. The Bertz CT molecular complexity index is 266. The van der Waals surface area contributed by atoms with Crippen LogP contribution < -0.4 is 9.63 Å². The largest absolute Gasteiger partial charge is 0.713 e. The molecular weight excluding hydrogens is 340 g/mol. The Morgan fingerprint density at radius 1 is 1.38 bits per heavy atom. The molecule has 1 aromatic rings. The molecule has 1 heterocycles. The molecule has 0 aliphatic heterocycles. The molecule has 0 unspecified atom stereocenters. The number of nitrogens with zero attached hydrogens (tertiary/aromatic N) is 2. The van der Waals surface area contributed by atoms with E-state index in [1.54, 1.807) is 17.0 Å². The Morgan fingerprint density at radius 3 is 2.31 bits per heavy atom. The summed E-state index contributed by atoms with van der Waals surface area (Å²) in [7, 11) is 3.65. The van der Waals surface area contributed by atoms with Gasteiger partial charge in [0.2, 0.25) is 0 Å². The molecule has 0 amide bonds. The molecule has 5 heteroatoms. The van der Waals surface area contributed by atoms with E-state index in [0.717, 1.165) is 4.73 Å². The summed E-state index contributed by atoms with van der Waals surface area (Å²) in [5.74, 6) is 0.609. The first-order chi connectivity index (χ1) is 5.13. The molecule has 0 fully saturated rings. The van der Waals surface area contributed by atoms with Crippen molar-refractivity contribution in [2.24, 2.45) is 0 Å². The van der Waals surface area contributed by atoms with Gasteiger partial charge in [-0.15, -0.1) is 6.07 Å². The Kier molecular flexibility index (Phi) is 6.63. The molecule has 0 saturated heterocycles. The summed E-state index contributed by atoms with van der Waals surface area (Å²) in [6.45, 7) is 3.59. The monoisotopic (exact) mass is 353 g/mol. The summed E-state index contributed by atoms with van der Waals surface area (Å²) >= 11 is 0. The van der Waals surface area contributed by atoms with Crippen molar-refractivity contribution in [1.82, 2.24) is 0 Å². The van der Waals surface area contributed by atoms with Crippen LogP contribution in [0.4, 0.5) is 5.82 Å². The zero-order valence-corrected chi connectivity index (χ0v) is 10.6. The van der Waals surface area contributed by atoms with Gasteiger partial charge in [-0.3, -0.25) is 9.63 Å². The van der Waals surface area contributed by atoms with Crippen molar-refractivity contribution in [3.63, 3.8) is 0 Å². The van der Waals surface area contributed by atoms with Gasteiger partial charge in [-0.05, 0) is 5.69 Å². The third-order valence-electron chi connectivity index (χ3n) is 1.46. The van der Waals surface area contributed by atoms with Crippen LogP contribution in [0.3, 0.4) is 0 Å². The van der Waals surface area contributed by atoms with Crippen LogP contribution in [0.5, 0.6) is 0 Å². The van der Waals surface area contributed by atoms with Gasteiger partial charge < -0.3 is 10.7 Å². The summed E-state index contributed by atoms with van der Waals surface area (Å²) in [5.41, 5.74) is 0.469. The number of pyridine rings is 1. The minimum atomic E-state index is 0. The van der Waals surface area contributed by atoms with Crippen molar-refractivity contribution in [2.45, 2.75) is 0 Å². The second-order valence-corrected chi connectivity index (χ2v) is 2.56. The Hall–Kier alpha value is -0.732. The van der Waals surface area contributed by atoms with Crippen molar-refractivity contribution in [3.8, 4) is 0 Å². The first kappa shape index (κ1) is 14.8. The van der Waals surface area contributed by atoms with Crippen molar-refractivity contribution in [2.75, 3.05) is 19.0 Å². The van der Waals surface area contributed by atoms with Crippen LogP contribution in [0, 0.1) is 12.1 Å². The van der Waals surface area contributed by atoms with Gasteiger partial charge in [-0.1, -0.05) is 0 Å². The van der Waals surface area contributed by atoms with E-state index in [0.29, 0.717) is 11.5 Å². The number of hydrogen-bond acceptors (Lipinski definition) is 2. The third-order valence-corrected chi connectivity index (χ3v) is 1.46. The van der Waals surface area contributed by atoms with Crippen LogP contribution in [0.25, 0.3) is 0 Å². The van der Waals surface area contributed by atoms with E-state index < -0.39 is 0 Å². The van der Waals surface area contributed by atoms with Crippen LogP contribution in [0.15, 0.2) is 18.2 Å². The first-order valence-corrected chi connectivity index (χ1v) is 3.35. The van der Waals surface area contributed by atoms with Crippen molar-refractivity contribution in [1.29, 1.82) is 0 Å². The number of hydrogen-bond donors (Lipinski definition) is 0. The molecule has 2 N–H and O–H groups in total. The second kappa shape index (κ2) is 5.84. The number of rotatable bonds is 1. The zero-order valence-electron chi connectivity index (χ0n) is 7.65. The van der Waals surface area contributed by atoms with Crippen molar-refractivity contribution < 1.29 is 31.3 Å². The van der Waals surface area contributed by atoms with E-state index >= 15 is 0 Å². The normalized spacial score (nSPS) is 8.15. The van der Waals surface area contributed by atoms with E-state index in [-0.39, 0.29) is 26.5 Å². The maximum Gasteiger partial charge on any atom is 0.275 e. The van der Waals surface area contributed by atoms with Gasteiger partial charge in [0.25, 0.3) is 5.82 Å². The summed E-state index contributed by atoms with van der Waals surface area (Å²) < 4.78 is 0.806. The minimum Gasteiger partial charge on any atom is -0.713 e. The molecule has 0 aromatic carbocycles. The Labute approximate surface area is 92.3 Å². The fourth-order valence-corrected chi connectivity index (χ4v) is 0.859. The minimum absolute atomic E-state index is 0. The average Bonchev–Trinajstić information content (AvgIpc) is 1.94. The number of aromatic nitrogens is 1. The third kappa shape index (κ3) is 3.25. The van der Waals surface area contributed by atoms with Crippen LogP contribution in [-0.2, 0) is 21.1 Å². The maximum absolute atomic E-state index is 11.2. The summed E-state index contributed by atoms with van der Waals surface area (Å²) in [6, 6.07) is 5.24. The molecule has 1 aromatic heterocycles. The summed E-state index contributed by atoms with van der Waals surface area (Å²) in [6.07, 6.45) is 0. The van der Waals surface area contributed by atoms with Gasteiger partial charge in [-0.25, -0.2) is 0 Å². The molecule has 0 saturated carbocycles. The average molecular weight is 353 g/mol. The van der Waals surface area contributed by atoms with Crippen molar-refractivity contribution in [3.05, 3.63) is 36.0 Å².